The monoisotopic (exact) mass is 442 g/mol. The maximum Gasteiger partial charge on any atom is 0.249 e. The van der Waals surface area contributed by atoms with Gasteiger partial charge in [0.25, 0.3) is 0 Å². The van der Waals surface area contributed by atoms with Gasteiger partial charge in [0.15, 0.2) is 0 Å². The Hall–Kier alpha value is -2.64. The summed E-state index contributed by atoms with van der Waals surface area (Å²) in [6, 6.07) is 7.97. The topological polar surface area (TPSA) is 59.1 Å². The number of methoxy groups -OCH3 is 1. The third-order valence-corrected chi connectivity index (χ3v) is 6.43. The van der Waals surface area contributed by atoms with Crippen molar-refractivity contribution in [1.29, 1.82) is 0 Å². The van der Waals surface area contributed by atoms with Crippen LogP contribution in [0.3, 0.4) is 0 Å². The van der Waals surface area contributed by atoms with Crippen LogP contribution in [0, 0.1) is 13.8 Å². The molecule has 166 valence electrons. The van der Waals surface area contributed by atoms with Crippen LogP contribution in [0.25, 0.3) is 0 Å². The zero-order chi connectivity index (χ0) is 22.4. The first-order chi connectivity index (χ1) is 14.9. The number of hydrogen-bond acceptors (Lipinski definition) is 5. The molecule has 0 N–H and O–H groups in total. The highest BCUT2D eigenvalue weighted by atomic mass is 32.1. The maximum atomic E-state index is 13.3. The van der Waals surface area contributed by atoms with Crippen LogP contribution in [0.4, 0.5) is 0 Å². The molecule has 2 heterocycles. The molecule has 2 amide bonds. The number of rotatable bonds is 9. The van der Waals surface area contributed by atoms with Gasteiger partial charge in [0, 0.05) is 25.1 Å². The number of carbonyl (C=O) groups is 2. The van der Waals surface area contributed by atoms with Crippen molar-refractivity contribution in [3.8, 4) is 5.75 Å². The molecule has 1 atom stereocenters. The predicted octanol–water partition coefficient (Wildman–Crippen LogP) is 3.53. The highest BCUT2D eigenvalue weighted by Gasteiger charge is 2.33. The second kappa shape index (κ2) is 10.6. The van der Waals surface area contributed by atoms with Gasteiger partial charge in [0.05, 0.1) is 6.04 Å². The molecular formula is C24H30N2O4S. The molecule has 0 fully saturated rings. The van der Waals surface area contributed by atoms with Crippen molar-refractivity contribution < 1.29 is 19.1 Å². The van der Waals surface area contributed by atoms with Crippen LogP contribution in [0.15, 0.2) is 42.3 Å². The number of aryl methyl sites for hydroxylation is 2. The molecule has 2 aromatic rings. The van der Waals surface area contributed by atoms with Crippen molar-refractivity contribution in [3.05, 3.63) is 63.9 Å². The molecule has 0 radical (unpaired) electrons. The third kappa shape index (κ3) is 5.54. The summed E-state index contributed by atoms with van der Waals surface area (Å²) in [6.07, 6.45) is 2.43. The first-order valence-corrected chi connectivity index (χ1v) is 11.3. The molecule has 1 aromatic heterocycles. The summed E-state index contributed by atoms with van der Waals surface area (Å²) in [6.45, 7) is 8.98. The Morgan fingerprint density at radius 1 is 1.32 bits per heavy atom. The van der Waals surface area contributed by atoms with Crippen LogP contribution in [0.1, 0.15) is 27.6 Å². The van der Waals surface area contributed by atoms with E-state index in [2.05, 4.69) is 31.0 Å². The number of benzene rings is 1. The molecular weight excluding hydrogens is 412 g/mol. The number of nitrogens with zero attached hydrogens (tertiary/aromatic N) is 2. The summed E-state index contributed by atoms with van der Waals surface area (Å²) < 4.78 is 11.1. The normalized spacial score (nSPS) is 15.3. The molecule has 3 rings (SSSR count). The minimum atomic E-state index is -0.230. The molecule has 1 aliphatic heterocycles. The van der Waals surface area contributed by atoms with Crippen molar-refractivity contribution in [2.75, 3.05) is 40.0 Å². The van der Waals surface area contributed by atoms with E-state index >= 15 is 0 Å². The number of fused-ring (bicyclic) bond motifs is 1. The molecule has 6 nitrogen and oxygen atoms in total. The lowest BCUT2D eigenvalue weighted by atomic mass is 10.00. The summed E-state index contributed by atoms with van der Waals surface area (Å²) >= 11 is 1.72. The Morgan fingerprint density at radius 2 is 2.13 bits per heavy atom. The fourth-order valence-electron chi connectivity index (χ4n) is 3.88. The van der Waals surface area contributed by atoms with Gasteiger partial charge in [-0.3, -0.25) is 9.59 Å². The summed E-state index contributed by atoms with van der Waals surface area (Å²) in [5, 5.41) is 2.06. The van der Waals surface area contributed by atoms with E-state index in [0.29, 0.717) is 19.7 Å². The first kappa shape index (κ1) is 23.0. The number of hydrogen-bond donors (Lipinski definition) is 0. The largest absolute Gasteiger partial charge is 0.491 e. The van der Waals surface area contributed by atoms with Crippen LogP contribution in [-0.4, -0.2) is 61.6 Å². The SMILES string of the molecule is C=CCN(CC(=O)N1CCc2sccc2[C@H]1COc1ccc(C)cc1C)C(=O)COC. The van der Waals surface area contributed by atoms with E-state index in [0.717, 1.165) is 23.3 Å². The third-order valence-electron chi connectivity index (χ3n) is 5.44. The van der Waals surface area contributed by atoms with Gasteiger partial charge < -0.3 is 19.3 Å². The van der Waals surface area contributed by atoms with Gasteiger partial charge >= 0.3 is 0 Å². The average Bonchev–Trinajstić information content (AvgIpc) is 3.22. The van der Waals surface area contributed by atoms with Crippen LogP contribution >= 0.6 is 11.3 Å². The van der Waals surface area contributed by atoms with Crippen LogP contribution < -0.4 is 4.74 Å². The standard InChI is InChI=1S/C24H30N2O4S/c1-5-10-25(24(28)16-29-4)14-23(27)26-11-8-22-19(9-12-31-22)20(26)15-30-21-7-6-17(2)13-18(21)3/h5-7,9,12-13,20H,1,8,10-11,14-16H2,2-4H3/t20-/m1/s1. The minimum Gasteiger partial charge on any atom is -0.491 e. The first-order valence-electron chi connectivity index (χ1n) is 10.4. The highest BCUT2D eigenvalue weighted by Crippen LogP contribution is 2.34. The lowest BCUT2D eigenvalue weighted by Gasteiger charge is -2.37. The molecule has 7 heteroatoms. The Kier molecular flexibility index (Phi) is 7.87. The van der Waals surface area contributed by atoms with E-state index in [1.165, 1.54) is 22.5 Å². The molecule has 0 bridgehead atoms. The Balaban J connectivity index is 1.78. The molecule has 0 spiro atoms. The highest BCUT2D eigenvalue weighted by molar-refractivity contribution is 7.10. The zero-order valence-corrected chi connectivity index (χ0v) is 19.2. The Morgan fingerprint density at radius 3 is 2.84 bits per heavy atom. The van der Waals surface area contributed by atoms with Gasteiger partial charge in [-0.1, -0.05) is 23.8 Å². The smallest absolute Gasteiger partial charge is 0.249 e. The number of carbonyl (C=O) groups excluding carboxylic acids is 2. The van der Waals surface area contributed by atoms with E-state index in [-0.39, 0.29) is 31.0 Å². The van der Waals surface area contributed by atoms with Crippen molar-refractivity contribution >= 4 is 23.2 Å². The molecule has 1 aromatic carbocycles. The number of amides is 2. The van der Waals surface area contributed by atoms with Crippen molar-refractivity contribution in [1.82, 2.24) is 9.80 Å². The molecule has 1 aliphatic rings. The average molecular weight is 443 g/mol. The van der Waals surface area contributed by atoms with Gasteiger partial charge in [-0.2, -0.15) is 0 Å². The van der Waals surface area contributed by atoms with E-state index < -0.39 is 0 Å². The summed E-state index contributed by atoms with van der Waals surface area (Å²) in [5.74, 6) is 0.494. The zero-order valence-electron chi connectivity index (χ0n) is 18.4. The minimum absolute atomic E-state index is 0.00621. The second-order valence-corrected chi connectivity index (χ2v) is 8.73. The predicted molar refractivity (Wildman–Crippen MR) is 123 cm³/mol. The second-order valence-electron chi connectivity index (χ2n) is 7.73. The van der Waals surface area contributed by atoms with Crippen molar-refractivity contribution in [2.24, 2.45) is 0 Å². The van der Waals surface area contributed by atoms with Crippen LogP contribution in [0.5, 0.6) is 5.75 Å². The Bertz CT molecular complexity index is 939. The summed E-state index contributed by atoms with van der Waals surface area (Å²) in [5.41, 5.74) is 3.39. The Labute approximate surface area is 188 Å². The summed E-state index contributed by atoms with van der Waals surface area (Å²) in [7, 11) is 1.47. The van der Waals surface area contributed by atoms with E-state index in [9.17, 15) is 9.59 Å². The lowest BCUT2D eigenvalue weighted by Crippen LogP contribution is -2.48. The number of ether oxygens (including phenoxy) is 2. The molecule has 0 saturated heterocycles. The van der Waals surface area contributed by atoms with Crippen LogP contribution in [0.2, 0.25) is 0 Å². The van der Waals surface area contributed by atoms with Gasteiger partial charge in [-0.25, -0.2) is 0 Å². The fraction of sp³-hybridized carbons (Fsp3) is 0.417. The van der Waals surface area contributed by atoms with Gasteiger partial charge in [-0.05, 0) is 48.9 Å². The van der Waals surface area contributed by atoms with Crippen molar-refractivity contribution in [3.63, 3.8) is 0 Å². The van der Waals surface area contributed by atoms with Gasteiger partial charge in [0.2, 0.25) is 11.8 Å². The molecule has 31 heavy (non-hydrogen) atoms. The molecule has 0 aliphatic carbocycles. The van der Waals surface area contributed by atoms with E-state index in [1.807, 2.05) is 24.0 Å². The summed E-state index contributed by atoms with van der Waals surface area (Å²) in [4.78, 5) is 30.2. The van der Waals surface area contributed by atoms with E-state index in [1.54, 1.807) is 17.4 Å². The lowest BCUT2D eigenvalue weighted by molar-refractivity contribution is -0.144. The number of thiophene rings is 1. The molecule has 0 saturated carbocycles. The van der Waals surface area contributed by atoms with Gasteiger partial charge in [-0.15, -0.1) is 17.9 Å². The van der Waals surface area contributed by atoms with Crippen molar-refractivity contribution in [2.45, 2.75) is 26.3 Å². The van der Waals surface area contributed by atoms with Crippen LogP contribution in [-0.2, 0) is 20.7 Å². The molecule has 0 unspecified atom stereocenters. The van der Waals surface area contributed by atoms with E-state index in [4.69, 9.17) is 9.47 Å². The fourth-order valence-corrected chi connectivity index (χ4v) is 4.81. The maximum absolute atomic E-state index is 13.3. The quantitative estimate of drug-likeness (QED) is 0.558. The van der Waals surface area contributed by atoms with Gasteiger partial charge in [0.1, 0.15) is 25.5 Å².